The highest BCUT2D eigenvalue weighted by molar-refractivity contribution is 9.10. The van der Waals surface area contributed by atoms with Crippen molar-refractivity contribution in [1.29, 1.82) is 0 Å². The van der Waals surface area contributed by atoms with Gasteiger partial charge in [-0.25, -0.2) is 15.0 Å². The predicted molar refractivity (Wildman–Crippen MR) is 111 cm³/mol. The van der Waals surface area contributed by atoms with Gasteiger partial charge in [-0.1, -0.05) is 89.3 Å². The van der Waals surface area contributed by atoms with Crippen LogP contribution in [0.2, 0.25) is 0 Å². The van der Waals surface area contributed by atoms with Crippen molar-refractivity contribution in [3.8, 4) is 22.8 Å². The zero-order valence-corrected chi connectivity index (χ0v) is 16.0. The van der Waals surface area contributed by atoms with E-state index >= 15 is 0 Å². The molecule has 4 heteroatoms. The minimum Gasteiger partial charge on any atom is -0.208 e. The Balaban J connectivity index is 2.19. The van der Waals surface area contributed by atoms with Crippen molar-refractivity contribution in [3.63, 3.8) is 0 Å². The summed E-state index contributed by atoms with van der Waals surface area (Å²) in [7, 11) is 0. The van der Waals surface area contributed by atoms with Gasteiger partial charge in [0.2, 0.25) is 0 Å². The van der Waals surface area contributed by atoms with Crippen LogP contribution < -0.4 is 0 Å². The Hall–Kier alpha value is -2.85. The van der Waals surface area contributed by atoms with Crippen LogP contribution in [0.15, 0.2) is 90.0 Å². The molecule has 0 aliphatic carbocycles. The van der Waals surface area contributed by atoms with Crippen molar-refractivity contribution >= 4 is 21.5 Å². The van der Waals surface area contributed by atoms with Gasteiger partial charge in [0.1, 0.15) is 0 Å². The quantitative estimate of drug-likeness (QED) is 0.482. The number of halogens is 1. The molecule has 0 aliphatic heterocycles. The topological polar surface area (TPSA) is 38.7 Å². The van der Waals surface area contributed by atoms with Crippen LogP contribution in [0.3, 0.4) is 0 Å². The largest absolute Gasteiger partial charge is 0.208 e. The average Bonchev–Trinajstić information content (AvgIpc) is 2.69. The molecule has 0 bridgehead atoms. The first-order valence-electron chi connectivity index (χ1n) is 8.24. The van der Waals surface area contributed by atoms with Gasteiger partial charge in [-0.2, -0.15) is 0 Å². The highest BCUT2D eigenvalue weighted by Crippen LogP contribution is 2.24. The van der Waals surface area contributed by atoms with E-state index in [1.165, 1.54) is 0 Å². The molecule has 0 fully saturated rings. The van der Waals surface area contributed by atoms with Gasteiger partial charge in [0, 0.05) is 21.2 Å². The van der Waals surface area contributed by atoms with Crippen molar-refractivity contribution in [1.82, 2.24) is 15.0 Å². The molecule has 0 atom stereocenters. The highest BCUT2D eigenvalue weighted by atomic mass is 79.9. The molecule has 0 unspecified atom stereocenters. The van der Waals surface area contributed by atoms with Gasteiger partial charge in [-0.05, 0) is 19.1 Å². The van der Waals surface area contributed by atoms with Crippen LogP contribution in [0.5, 0.6) is 0 Å². The third-order valence-electron chi connectivity index (χ3n) is 3.72. The lowest BCUT2D eigenvalue weighted by molar-refractivity contribution is 1.04. The summed E-state index contributed by atoms with van der Waals surface area (Å²) in [5.74, 6) is 1.88. The summed E-state index contributed by atoms with van der Waals surface area (Å²) >= 11 is 3.46. The summed E-state index contributed by atoms with van der Waals surface area (Å²) in [5, 5.41) is 0. The van der Waals surface area contributed by atoms with Crippen molar-refractivity contribution < 1.29 is 0 Å². The van der Waals surface area contributed by atoms with Crippen molar-refractivity contribution in [2.45, 2.75) is 6.92 Å². The molecule has 0 N–H and O–H groups in total. The summed E-state index contributed by atoms with van der Waals surface area (Å²) in [6, 6.07) is 17.8. The first-order valence-corrected chi connectivity index (χ1v) is 9.04. The number of benzene rings is 2. The molecule has 2 aromatic carbocycles. The molecule has 0 spiro atoms. The number of hydrogen-bond acceptors (Lipinski definition) is 3. The molecular weight excluding hydrogens is 386 g/mol. The Morgan fingerprint density at radius 1 is 0.885 bits per heavy atom. The molecule has 3 rings (SSSR count). The average molecular weight is 404 g/mol. The summed E-state index contributed by atoms with van der Waals surface area (Å²) in [5.41, 5.74) is 2.73. The number of aromatic nitrogens is 3. The van der Waals surface area contributed by atoms with Crippen LogP contribution >= 0.6 is 15.9 Å². The fraction of sp³-hybridized carbons (Fsp3) is 0.0455. The Labute approximate surface area is 162 Å². The Morgan fingerprint density at radius 2 is 1.50 bits per heavy atom. The molecule has 128 valence electrons. The lowest BCUT2D eigenvalue weighted by Gasteiger charge is -2.08. The molecule has 3 aromatic rings. The second kappa shape index (κ2) is 8.50. The van der Waals surface area contributed by atoms with Gasteiger partial charge in [0.15, 0.2) is 17.5 Å². The normalized spacial score (nSPS) is 11.7. The van der Waals surface area contributed by atoms with Crippen molar-refractivity contribution in [2.75, 3.05) is 0 Å². The van der Waals surface area contributed by atoms with E-state index in [4.69, 9.17) is 0 Å². The molecule has 0 saturated carbocycles. The minimum absolute atomic E-state index is 0.602. The van der Waals surface area contributed by atoms with Crippen LogP contribution in [-0.2, 0) is 0 Å². The zero-order valence-electron chi connectivity index (χ0n) is 14.4. The Bertz CT molecular complexity index is 958. The standard InChI is InChI=1S/C22H18BrN3/c1-3-5-9-16(4-2)20-24-21(17-10-7-6-8-11-17)26-22(25-20)18-12-14-19(23)15-13-18/h3-15H,2H2,1H3/b5-3-,16-9+. The van der Waals surface area contributed by atoms with E-state index in [0.29, 0.717) is 17.5 Å². The van der Waals surface area contributed by atoms with E-state index in [2.05, 4.69) is 37.5 Å². The predicted octanol–water partition coefficient (Wildman–Crippen LogP) is 6.11. The molecule has 0 aliphatic rings. The van der Waals surface area contributed by atoms with E-state index in [1.54, 1.807) is 6.08 Å². The number of allylic oxidation sites excluding steroid dienone is 5. The lowest BCUT2D eigenvalue weighted by Crippen LogP contribution is -2.02. The molecule has 0 saturated heterocycles. The zero-order chi connectivity index (χ0) is 18.4. The van der Waals surface area contributed by atoms with Crippen molar-refractivity contribution in [2.24, 2.45) is 0 Å². The molecule has 3 nitrogen and oxygen atoms in total. The minimum atomic E-state index is 0.602. The second-order valence-electron chi connectivity index (χ2n) is 5.53. The smallest absolute Gasteiger partial charge is 0.164 e. The van der Waals surface area contributed by atoms with Gasteiger partial charge in [0.25, 0.3) is 0 Å². The van der Waals surface area contributed by atoms with E-state index < -0.39 is 0 Å². The molecule has 1 heterocycles. The van der Waals surface area contributed by atoms with Gasteiger partial charge >= 0.3 is 0 Å². The van der Waals surface area contributed by atoms with E-state index in [1.807, 2.05) is 79.7 Å². The van der Waals surface area contributed by atoms with Crippen LogP contribution in [0.25, 0.3) is 28.3 Å². The van der Waals surface area contributed by atoms with Crippen LogP contribution in [0.1, 0.15) is 12.7 Å². The summed E-state index contributed by atoms with van der Waals surface area (Å²) in [6.07, 6.45) is 7.61. The van der Waals surface area contributed by atoms with Gasteiger partial charge in [0.05, 0.1) is 0 Å². The first-order chi connectivity index (χ1) is 12.7. The summed E-state index contributed by atoms with van der Waals surface area (Å²) in [4.78, 5) is 14.0. The summed E-state index contributed by atoms with van der Waals surface area (Å²) in [6.45, 7) is 5.86. The van der Waals surface area contributed by atoms with Crippen molar-refractivity contribution in [3.05, 3.63) is 95.8 Å². The number of rotatable bonds is 5. The Kier molecular flexibility index (Phi) is 5.87. The second-order valence-corrected chi connectivity index (χ2v) is 6.45. The third-order valence-corrected chi connectivity index (χ3v) is 4.24. The fourth-order valence-electron chi connectivity index (χ4n) is 2.38. The molecule has 1 aromatic heterocycles. The number of nitrogens with zero attached hydrogens (tertiary/aromatic N) is 3. The maximum Gasteiger partial charge on any atom is 0.164 e. The van der Waals surface area contributed by atoms with Crippen LogP contribution in [0.4, 0.5) is 0 Å². The molecule has 0 radical (unpaired) electrons. The maximum atomic E-state index is 4.68. The SMILES string of the molecule is C=C/C(=C\C=C/C)c1nc(-c2ccccc2)nc(-c2ccc(Br)cc2)n1. The summed E-state index contributed by atoms with van der Waals surface area (Å²) < 4.78 is 1.01. The van der Waals surface area contributed by atoms with Crippen LogP contribution in [-0.4, -0.2) is 15.0 Å². The molecule has 26 heavy (non-hydrogen) atoms. The van der Waals surface area contributed by atoms with Gasteiger partial charge in [-0.3, -0.25) is 0 Å². The molecular formula is C22H18BrN3. The Morgan fingerprint density at radius 3 is 2.08 bits per heavy atom. The monoisotopic (exact) mass is 403 g/mol. The van der Waals surface area contributed by atoms with E-state index in [-0.39, 0.29) is 0 Å². The maximum absolute atomic E-state index is 4.68. The first kappa shape index (κ1) is 18.0. The van der Waals surface area contributed by atoms with Crippen LogP contribution in [0, 0.1) is 0 Å². The number of hydrogen-bond donors (Lipinski definition) is 0. The van der Waals surface area contributed by atoms with Gasteiger partial charge < -0.3 is 0 Å². The molecule has 0 amide bonds. The van der Waals surface area contributed by atoms with E-state index in [0.717, 1.165) is 21.2 Å². The fourth-order valence-corrected chi connectivity index (χ4v) is 2.65. The van der Waals surface area contributed by atoms with Gasteiger partial charge in [-0.15, -0.1) is 0 Å². The highest BCUT2D eigenvalue weighted by Gasteiger charge is 2.12. The van der Waals surface area contributed by atoms with E-state index in [9.17, 15) is 0 Å². The third kappa shape index (κ3) is 4.21. The lowest BCUT2D eigenvalue weighted by atomic mass is 10.1.